The lowest BCUT2D eigenvalue weighted by atomic mass is 10.4. The van der Waals surface area contributed by atoms with Crippen LogP contribution in [0.1, 0.15) is 6.92 Å². The Morgan fingerprint density at radius 3 is 2.62 bits per heavy atom. The van der Waals surface area contributed by atoms with Crippen LogP contribution in [-0.2, 0) is 0 Å². The molecule has 1 aromatic rings. The molecule has 1 N–H and O–H groups in total. The highest BCUT2D eigenvalue weighted by Crippen LogP contribution is 1.98. The molecule has 0 aromatic heterocycles. The van der Waals surface area contributed by atoms with Crippen LogP contribution in [0, 0.1) is 0 Å². The molecule has 0 aliphatic heterocycles. The molecule has 0 amide bonds. The Bertz CT molecular complexity index is 228. The number of benzene rings is 1. The van der Waals surface area contributed by atoms with Crippen molar-refractivity contribution in [3.63, 3.8) is 0 Å². The van der Waals surface area contributed by atoms with Crippen molar-refractivity contribution in [2.45, 2.75) is 13.0 Å². The third-order valence-electron chi connectivity index (χ3n) is 1.99. The summed E-state index contributed by atoms with van der Waals surface area (Å²) in [5, 5.41) is 4.65. The third-order valence-corrected chi connectivity index (χ3v) is 5.30. The summed E-state index contributed by atoms with van der Waals surface area (Å²) >= 11 is 6.34. The Balaban J connectivity index is 2.35. The maximum atomic E-state index is 6.34. The van der Waals surface area contributed by atoms with Gasteiger partial charge >= 0.3 is 0 Å². The minimum Gasteiger partial charge on any atom is -0.317 e. The van der Waals surface area contributed by atoms with E-state index in [2.05, 4.69) is 36.5 Å². The molecule has 0 heterocycles. The third kappa shape index (κ3) is 3.94. The first-order chi connectivity index (χ1) is 6.34. The van der Waals surface area contributed by atoms with Gasteiger partial charge in [0.25, 0.3) is 0 Å². The molecule has 72 valence electrons. The highest BCUT2D eigenvalue weighted by atomic mass is 35.6. The van der Waals surface area contributed by atoms with Gasteiger partial charge in [-0.15, -0.1) is 0 Å². The predicted molar refractivity (Wildman–Crippen MR) is 62.4 cm³/mol. The zero-order valence-electron chi connectivity index (χ0n) is 7.96. The van der Waals surface area contributed by atoms with Crippen molar-refractivity contribution >= 4 is 24.4 Å². The van der Waals surface area contributed by atoms with Gasteiger partial charge in [0.15, 0.2) is 8.11 Å². The number of hydrogen-bond acceptors (Lipinski definition) is 1. The average Bonchev–Trinajstić information content (AvgIpc) is 2.19. The van der Waals surface area contributed by atoms with Gasteiger partial charge in [-0.2, -0.15) is 11.1 Å². The first-order valence-corrected chi connectivity index (χ1v) is 7.88. The first-order valence-electron chi connectivity index (χ1n) is 4.74. The molecule has 1 nitrogen and oxygen atoms in total. The summed E-state index contributed by atoms with van der Waals surface area (Å²) < 4.78 is 0. The van der Waals surface area contributed by atoms with E-state index in [1.165, 1.54) is 5.19 Å². The fraction of sp³-hybridized carbons (Fsp3) is 0.400. The van der Waals surface area contributed by atoms with Gasteiger partial charge in [0.2, 0.25) is 0 Å². The van der Waals surface area contributed by atoms with Gasteiger partial charge in [0.05, 0.1) is 0 Å². The van der Waals surface area contributed by atoms with Gasteiger partial charge in [-0.25, -0.2) is 0 Å². The van der Waals surface area contributed by atoms with Crippen molar-refractivity contribution < 1.29 is 0 Å². The van der Waals surface area contributed by atoms with Crippen molar-refractivity contribution in [1.82, 2.24) is 5.32 Å². The Morgan fingerprint density at radius 2 is 2.00 bits per heavy atom. The Hall–Kier alpha value is -0.313. The molecule has 1 aromatic carbocycles. The highest BCUT2D eigenvalue weighted by molar-refractivity contribution is 7.14. The molecule has 0 spiro atoms. The lowest BCUT2D eigenvalue weighted by molar-refractivity contribution is 0.760. The van der Waals surface area contributed by atoms with Crippen LogP contribution in [0.4, 0.5) is 0 Å². The number of halogens is 1. The van der Waals surface area contributed by atoms with E-state index in [0.29, 0.717) is 0 Å². The normalized spacial score (nSPS) is 12.8. The molecule has 0 fully saturated rings. The van der Waals surface area contributed by atoms with E-state index in [9.17, 15) is 0 Å². The van der Waals surface area contributed by atoms with Gasteiger partial charge in [-0.1, -0.05) is 37.3 Å². The van der Waals surface area contributed by atoms with Gasteiger partial charge in [-0.05, 0) is 24.3 Å². The Morgan fingerprint density at radius 1 is 1.31 bits per heavy atom. The maximum Gasteiger partial charge on any atom is 0.172 e. The van der Waals surface area contributed by atoms with Crippen LogP contribution in [0.15, 0.2) is 30.3 Å². The molecule has 1 rings (SSSR count). The van der Waals surface area contributed by atoms with E-state index in [-0.39, 0.29) is 0 Å². The van der Waals surface area contributed by atoms with E-state index in [4.69, 9.17) is 11.1 Å². The lowest BCUT2D eigenvalue weighted by Gasteiger charge is -2.07. The molecule has 3 heteroatoms. The zero-order chi connectivity index (χ0) is 9.52. The second-order valence-corrected chi connectivity index (χ2v) is 6.78. The minimum atomic E-state index is -1.18. The number of nitrogens with one attached hydrogen (secondary N) is 1. The summed E-state index contributed by atoms with van der Waals surface area (Å²) in [6, 6.07) is 11.5. The summed E-state index contributed by atoms with van der Waals surface area (Å²) in [6.07, 6.45) is 0. The highest BCUT2D eigenvalue weighted by Gasteiger charge is 2.08. The zero-order valence-corrected chi connectivity index (χ0v) is 9.87. The van der Waals surface area contributed by atoms with Crippen molar-refractivity contribution in [3.8, 4) is 0 Å². The predicted octanol–water partition coefficient (Wildman–Crippen LogP) is 1.47. The first kappa shape index (κ1) is 10.8. The molecule has 0 bridgehead atoms. The average molecular weight is 214 g/mol. The molecule has 0 saturated carbocycles. The van der Waals surface area contributed by atoms with Crippen molar-refractivity contribution in [2.24, 2.45) is 0 Å². The summed E-state index contributed by atoms with van der Waals surface area (Å²) in [5.41, 5.74) is 0. The van der Waals surface area contributed by atoms with Crippen LogP contribution in [-0.4, -0.2) is 21.2 Å². The molecular formula is C10H16ClNSi. The quantitative estimate of drug-likeness (QED) is 0.444. The standard InChI is InChI=1S/C10H16ClNSi/c1-2-12-8-9-13(11)10-6-4-3-5-7-10/h3-7,12-13H,2,8-9H2,1H3. The molecule has 1 unspecified atom stereocenters. The number of hydrogen-bond donors (Lipinski definition) is 1. The second-order valence-electron chi connectivity index (χ2n) is 3.02. The summed E-state index contributed by atoms with van der Waals surface area (Å²) in [7, 11) is -1.18. The molecule has 13 heavy (non-hydrogen) atoms. The van der Waals surface area contributed by atoms with Crippen LogP contribution in [0.25, 0.3) is 0 Å². The number of rotatable bonds is 5. The maximum absolute atomic E-state index is 6.34. The van der Waals surface area contributed by atoms with Gasteiger partial charge in [-0.3, -0.25) is 0 Å². The van der Waals surface area contributed by atoms with Crippen molar-refractivity contribution in [2.75, 3.05) is 13.1 Å². The monoisotopic (exact) mass is 213 g/mol. The van der Waals surface area contributed by atoms with Crippen LogP contribution in [0.2, 0.25) is 6.04 Å². The van der Waals surface area contributed by atoms with E-state index in [1.54, 1.807) is 0 Å². The second kappa shape index (κ2) is 6.19. The minimum absolute atomic E-state index is 1.03. The largest absolute Gasteiger partial charge is 0.317 e. The summed E-state index contributed by atoms with van der Waals surface area (Å²) in [4.78, 5) is 0. The summed E-state index contributed by atoms with van der Waals surface area (Å²) in [5.74, 6) is 0. The van der Waals surface area contributed by atoms with E-state index in [1.807, 2.05) is 6.07 Å². The fourth-order valence-corrected chi connectivity index (χ4v) is 3.43. The molecule has 1 atom stereocenters. The van der Waals surface area contributed by atoms with Gasteiger partial charge < -0.3 is 5.32 Å². The smallest absolute Gasteiger partial charge is 0.172 e. The molecule has 0 radical (unpaired) electrons. The molecule has 0 saturated heterocycles. The topological polar surface area (TPSA) is 12.0 Å². The van der Waals surface area contributed by atoms with Crippen LogP contribution >= 0.6 is 11.1 Å². The van der Waals surface area contributed by atoms with Gasteiger partial charge in [0, 0.05) is 0 Å². The fourth-order valence-electron chi connectivity index (χ4n) is 1.23. The van der Waals surface area contributed by atoms with E-state index < -0.39 is 8.11 Å². The Kier molecular flexibility index (Phi) is 5.12. The van der Waals surface area contributed by atoms with Crippen LogP contribution in [0.3, 0.4) is 0 Å². The SMILES string of the molecule is CCNCC[SiH](Cl)c1ccccc1. The lowest BCUT2D eigenvalue weighted by Crippen LogP contribution is -2.28. The van der Waals surface area contributed by atoms with E-state index >= 15 is 0 Å². The van der Waals surface area contributed by atoms with Crippen LogP contribution in [0.5, 0.6) is 0 Å². The van der Waals surface area contributed by atoms with E-state index in [0.717, 1.165) is 19.1 Å². The molecule has 0 aliphatic rings. The van der Waals surface area contributed by atoms with Crippen molar-refractivity contribution in [3.05, 3.63) is 30.3 Å². The van der Waals surface area contributed by atoms with Crippen molar-refractivity contribution in [1.29, 1.82) is 0 Å². The summed E-state index contributed by atoms with van der Waals surface area (Å²) in [6.45, 7) is 4.20. The van der Waals surface area contributed by atoms with Gasteiger partial charge in [0.1, 0.15) is 0 Å². The van der Waals surface area contributed by atoms with Crippen LogP contribution < -0.4 is 10.5 Å². The molecular weight excluding hydrogens is 198 g/mol. The Labute approximate surface area is 86.4 Å². The molecule has 0 aliphatic carbocycles.